The number of halogens is 2. The van der Waals surface area contributed by atoms with E-state index in [1.807, 2.05) is 47.0 Å². The number of carbonyl (C=O) groups is 2. The third-order valence-corrected chi connectivity index (χ3v) is 8.44. The van der Waals surface area contributed by atoms with Gasteiger partial charge in [0.25, 0.3) is 5.91 Å². The second kappa shape index (κ2) is 13.8. The molecule has 41 heavy (non-hydrogen) atoms. The maximum absolute atomic E-state index is 14.6. The summed E-state index contributed by atoms with van der Waals surface area (Å²) in [6.07, 6.45) is 5.09. The summed E-state index contributed by atoms with van der Waals surface area (Å²) in [4.78, 5) is 31.3. The standard InChI is InChI=1S/C31H40FN5O3.ClH/c1-35-12-4-5-23(19-35)30(38)34-27-6-3-7-28-29(27)25(20-37(28)15-16-40-2)31(39)36-13-10-22(11-14-36)24-17-21(18-33)8-9-26(24)32;/h3,6-9,17,20,22-23H,4-5,10-16,18-19,33H2,1-2H3,(H,34,38);1H. The van der Waals surface area contributed by atoms with Crippen LogP contribution in [-0.2, 0) is 22.6 Å². The van der Waals surface area contributed by atoms with E-state index in [1.165, 1.54) is 6.07 Å². The smallest absolute Gasteiger partial charge is 0.256 e. The molecule has 3 aromatic rings. The lowest BCUT2D eigenvalue weighted by Gasteiger charge is -2.32. The van der Waals surface area contributed by atoms with E-state index >= 15 is 0 Å². The van der Waals surface area contributed by atoms with Gasteiger partial charge >= 0.3 is 0 Å². The minimum atomic E-state index is -0.215. The fourth-order valence-corrected chi connectivity index (χ4v) is 6.21. The number of nitrogens with one attached hydrogen (secondary N) is 1. The number of carbonyl (C=O) groups excluding carboxylic acids is 2. The van der Waals surface area contributed by atoms with E-state index in [2.05, 4.69) is 10.2 Å². The van der Waals surface area contributed by atoms with Crippen molar-refractivity contribution in [2.75, 3.05) is 52.3 Å². The van der Waals surface area contributed by atoms with E-state index in [4.69, 9.17) is 10.5 Å². The van der Waals surface area contributed by atoms with Gasteiger partial charge in [0.05, 0.1) is 29.3 Å². The predicted octanol–water partition coefficient (Wildman–Crippen LogP) is 4.61. The molecule has 2 saturated heterocycles. The third kappa shape index (κ3) is 6.75. The fourth-order valence-electron chi connectivity index (χ4n) is 6.21. The Morgan fingerprint density at radius 2 is 1.90 bits per heavy atom. The number of rotatable bonds is 8. The van der Waals surface area contributed by atoms with Crippen LogP contribution in [0, 0.1) is 11.7 Å². The number of fused-ring (bicyclic) bond motifs is 1. The maximum Gasteiger partial charge on any atom is 0.256 e. The minimum absolute atomic E-state index is 0. The third-order valence-electron chi connectivity index (χ3n) is 8.44. The lowest BCUT2D eigenvalue weighted by molar-refractivity contribution is -0.121. The van der Waals surface area contributed by atoms with Crippen molar-refractivity contribution in [3.05, 3.63) is 65.1 Å². The van der Waals surface area contributed by atoms with Crippen molar-refractivity contribution < 1.29 is 18.7 Å². The summed E-state index contributed by atoms with van der Waals surface area (Å²) in [5.41, 5.74) is 9.48. The van der Waals surface area contributed by atoms with Crippen molar-refractivity contribution in [1.29, 1.82) is 0 Å². The van der Waals surface area contributed by atoms with E-state index in [0.29, 0.717) is 62.4 Å². The second-order valence-electron chi connectivity index (χ2n) is 11.1. The highest BCUT2D eigenvalue weighted by Gasteiger charge is 2.30. The first-order valence-electron chi connectivity index (χ1n) is 14.3. The van der Waals surface area contributed by atoms with Crippen LogP contribution in [0.2, 0.25) is 0 Å². The Morgan fingerprint density at radius 3 is 2.61 bits per heavy atom. The molecule has 0 spiro atoms. The van der Waals surface area contributed by atoms with Gasteiger partial charge in [-0.1, -0.05) is 18.2 Å². The number of benzene rings is 2. The van der Waals surface area contributed by atoms with Gasteiger partial charge in [-0.05, 0) is 74.5 Å². The molecule has 1 unspecified atom stereocenters. The molecule has 2 aliphatic heterocycles. The average molecular weight is 586 g/mol. The zero-order valence-corrected chi connectivity index (χ0v) is 24.7. The van der Waals surface area contributed by atoms with Crippen LogP contribution in [0.1, 0.15) is 53.1 Å². The van der Waals surface area contributed by atoms with Crippen molar-refractivity contribution in [2.45, 2.75) is 44.7 Å². The van der Waals surface area contributed by atoms with Gasteiger partial charge in [-0.2, -0.15) is 0 Å². The van der Waals surface area contributed by atoms with Crippen molar-refractivity contribution in [3.63, 3.8) is 0 Å². The number of piperidine rings is 2. The highest BCUT2D eigenvalue weighted by Crippen LogP contribution is 2.34. The Balaban J connectivity index is 0.00000387. The fraction of sp³-hybridized carbons (Fsp3) is 0.484. The normalized spacial score (nSPS) is 18.3. The summed E-state index contributed by atoms with van der Waals surface area (Å²) in [6.45, 7) is 4.25. The van der Waals surface area contributed by atoms with Crippen molar-refractivity contribution >= 4 is 40.8 Å². The Morgan fingerprint density at radius 1 is 1.12 bits per heavy atom. The van der Waals surface area contributed by atoms with Gasteiger partial charge < -0.3 is 30.2 Å². The summed E-state index contributed by atoms with van der Waals surface area (Å²) in [6, 6.07) is 10.8. The van der Waals surface area contributed by atoms with Gasteiger partial charge in [-0.15, -0.1) is 12.4 Å². The molecule has 5 rings (SSSR count). The Kier molecular flexibility index (Phi) is 10.4. The van der Waals surface area contributed by atoms with E-state index in [-0.39, 0.29) is 41.9 Å². The number of nitrogens with zero attached hydrogens (tertiary/aromatic N) is 3. The Bertz CT molecular complexity index is 1370. The van der Waals surface area contributed by atoms with Crippen LogP contribution in [0.4, 0.5) is 10.1 Å². The summed E-state index contributed by atoms with van der Waals surface area (Å²) < 4.78 is 22.0. The molecule has 2 aromatic carbocycles. The van der Waals surface area contributed by atoms with E-state index in [9.17, 15) is 14.0 Å². The van der Waals surface area contributed by atoms with Crippen molar-refractivity contribution in [2.24, 2.45) is 11.7 Å². The summed E-state index contributed by atoms with van der Waals surface area (Å²) in [5.74, 6) is -0.338. The Labute approximate surface area is 247 Å². The van der Waals surface area contributed by atoms with E-state index < -0.39 is 0 Å². The number of anilines is 1. The van der Waals surface area contributed by atoms with Gasteiger partial charge in [0, 0.05) is 51.4 Å². The quantitative estimate of drug-likeness (QED) is 0.403. The first-order chi connectivity index (χ1) is 19.4. The molecule has 0 aliphatic carbocycles. The van der Waals surface area contributed by atoms with E-state index in [0.717, 1.165) is 42.4 Å². The molecular weight excluding hydrogens is 545 g/mol. The molecule has 8 nitrogen and oxygen atoms in total. The van der Waals surface area contributed by atoms with E-state index in [1.54, 1.807) is 13.2 Å². The van der Waals surface area contributed by atoms with Gasteiger partial charge in [0.1, 0.15) is 5.82 Å². The molecule has 2 aliphatic rings. The van der Waals surface area contributed by atoms with Gasteiger partial charge in [0.15, 0.2) is 0 Å². The van der Waals surface area contributed by atoms with Gasteiger partial charge in [-0.25, -0.2) is 4.39 Å². The lowest BCUT2D eigenvalue weighted by atomic mass is 9.88. The van der Waals surface area contributed by atoms with Crippen LogP contribution in [0.15, 0.2) is 42.6 Å². The first kappa shape index (κ1) is 31.0. The van der Waals surface area contributed by atoms with Crippen molar-refractivity contribution in [1.82, 2.24) is 14.4 Å². The topological polar surface area (TPSA) is 92.8 Å². The number of hydrogen-bond acceptors (Lipinski definition) is 5. The molecule has 2 fully saturated rings. The van der Waals surface area contributed by atoms with Gasteiger partial charge in [0.2, 0.25) is 5.91 Å². The average Bonchev–Trinajstić information content (AvgIpc) is 3.35. The monoisotopic (exact) mass is 585 g/mol. The van der Waals surface area contributed by atoms with Crippen LogP contribution >= 0.6 is 12.4 Å². The maximum atomic E-state index is 14.6. The lowest BCUT2D eigenvalue weighted by Crippen LogP contribution is -2.38. The number of methoxy groups -OCH3 is 1. The molecule has 3 N–H and O–H groups in total. The van der Waals surface area contributed by atoms with Crippen LogP contribution in [0.5, 0.6) is 0 Å². The van der Waals surface area contributed by atoms with Crippen molar-refractivity contribution in [3.8, 4) is 0 Å². The largest absolute Gasteiger partial charge is 0.383 e. The zero-order valence-electron chi connectivity index (χ0n) is 23.9. The summed E-state index contributed by atoms with van der Waals surface area (Å²) >= 11 is 0. The number of likely N-dealkylation sites (tertiary alicyclic amines) is 2. The number of ether oxygens (including phenoxy) is 1. The molecule has 3 heterocycles. The van der Waals surface area contributed by atoms with Crippen LogP contribution in [-0.4, -0.2) is 73.1 Å². The van der Waals surface area contributed by atoms with Crippen LogP contribution < -0.4 is 11.1 Å². The number of aromatic nitrogens is 1. The molecule has 0 radical (unpaired) electrons. The zero-order chi connectivity index (χ0) is 28.2. The number of amides is 2. The Hall–Kier alpha value is -2.98. The molecule has 0 saturated carbocycles. The highest BCUT2D eigenvalue weighted by atomic mass is 35.5. The SMILES string of the molecule is COCCn1cc(C(=O)N2CCC(c3cc(CN)ccc3F)CC2)c2c(NC(=O)C3CCCN(C)C3)cccc21.Cl. The summed E-state index contributed by atoms with van der Waals surface area (Å²) in [5, 5.41) is 3.91. The van der Waals surface area contributed by atoms with Crippen LogP contribution in [0.25, 0.3) is 10.9 Å². The minimum Gasteiger partial charge on any atom is -0.383 e. The number of nitrogens with two attached hydrogens (primary N) is 1. The molecule has 222 valence electrons. The molecule has 2 amide bonds. The first-order valence-corrected chi connectivity index (χ1v) is 14.3. The van der Waals surface area contributed by atoms with Gasteiger partial charge in [-0.3, -0.25) is 9.59 Å². The molecule has 1 atom stereocenters. The second-order valence-corrected chi connectivity index (χ2v) is 11.1. The molecule has 0 bridgehead atoms. The summed E-state index contributed by atoms with van der Waals surface area (Å²) in [7, 11) is 3.69. The number of hydrogen-bond donors (Lipinski definition) is 2. The predicted molar refractivity (Wildman–Crippen MR) is 162 cm³/mol. The molecule has 10 heteroatoms. The molecule has 1 aromatic heterocycles. The highest BCUT2D eigenvalue weighted by molar-refractivity contribution is 6.14. The molecular formula is C31H41ClFN5O3. The van der Waals surface area contributed by atoms with Crippen LogP contribution in [0.3, 0.4) is 0 Å².